The molecule has 1 aromatic rings. The molecule has 1 saturated carbocycles. The highest BCUT2D eigenvalue weighted by Crippen LogP contribution is 2.32. The Morgan fingerprint density at radius 2 is 2.20 bits per heavy atom. The summed E-state index contributed by atoms with van der Waals surface area (Å²) in [5, 5.41) is 2.95. The third kappa shape index (κ3) is 3.27. The molecule has 1 fully saturated rings. The average molecular weight is 365 g/mol. The highest BCUT2D eigenvalue weighted by molar-refractivity contribution is 9.10. The zero-order valence-corrected chi connectivity index (χ0v) is 14.3. The monoisotopic (exact) mass is 364 g/mol. The SMILES string of the molecule is CCN(CC1CCC1)S(=O)(=O)c1cc(CNC)oc1Br. The number of hydrogen-bond donors (Lipinski definition) is 1. The number of nitrogens with one attached hydrogen (secondary N) is 1. The Balaban J connectivity index is 2.22. The van der Waals surface area contributed by atoms with Crippen molar-refractivity contribution < 1.29 is 12.8 Å². The van der Waals surface area contributed by atoms with Gasteiger partial charge in [-0.25, -0.2) is 8.42 Å². The van der Waals surface area contributed by atoms with E-state index in [1.165, 1.54) is 6.42 Å². The van der Waals surface area contributed by atoms with E-state index in [1.807, 2.05) is 6.92 Å². The van der Waals surface area contributed by atoms with Crippen molar-refractivity contribution in [1.29, 1.82) is 0 Å². The molecule has 20 heavy (non-hydrogen) atoms. The Hall–Kier alpha value is -0.370. The number of furan rings is 1. The van der Waals surface area contributed by atoms with Gasteiger partial charge in [0, 0.05) is 19.2 Å². The van der Waals surface area contributed by atoms with Crippen molar-refractivity contribution in [3.63, 3.8) is 0 Å². The van der Waals surface area contributed by atoms with Gasteiger partial charge in [0.15, 0.2) is 4.67 Å². The maximum atomic E-state index is 12.7. The molecule has 0 atom stereocenters. The van der Waals surface area contributed by atoms with Crippen LogP contribution in [0.4, 0.5) is 0 Å². The molecule has 0 spiro atoms. The van der Waals surface area contributed by atoms with Crippen LogP contribution < -0.4 is 5.32 Å². The summed E-state index contributed by atoms with van der Waals surface area (Å²) in [7, 11) is -1.69. The molecule has 0 unspecified atom stereocenters. The normalized spacial score (nSPS) is 16.6. The number of nitrogens with zero attached hydrogens (tertiary/aromatic N) is 1. The van der Waals surface area contributed by atoms with Gasteiger partial charge >= 0.3 is 0 Å². The zero-order valence-electron chi connectivity index (χ0n) is 11.9. The molecule has 2 rings (SSSR count). The van der Waals surface area contributed by atoms with Crippen molar-refractivity contribution in [2.45, 2.75) is 37.6 Å². The van der Waals surface area contributed by atoms with E-state index in [1.54, 1.807) is 17.4 Å². The number of sulfonamides is 1. The van der Waals surface area contributed by atoms with Crippen LogP contribution in [-0.4, -0.2) is 32.9 Å². The van der Waals surface area contributed by atoms with Gasteiger partial charge in [-0.2, -0.15) is 4.31 Å². The third-order valence-electron chi connectivity index (χ3n) is 3.71. The standard InChI is InChI=1S/C13H21BrN2O3S/c1-3-16(9-10-5-4-6-10)20(17,18)12-7-11(8-15-2)19-13(12)14/h7,10,15H,3-6,8-9H2,1-2H3. The van der Waals surface area contributed by atoms with Crippen LogP contribution in [0.1, 0.15) is 31.9 Å². The Kier molecular flexibility index (Phi) is 5.28. The second kappa shape index (κ2) is 6.60. The van der Waals surface area contributed by atoms with Gasteiger partial charge in [0.05, 0.1) is 6.54 Å². The van der Waals surface area contributed by atoms with Crippen LogP contribution in [0.5, 0.6) is 0 Å². The van der Waals surface area contributed by atoms with Crippen LogP contribution in [0.2, 0.25) is 0 Å². The lowest BCUT2D eigenvalue weighted by molar-refractivity contribution is 0.249. The molecule has 1 heterocycles. The zero-order chi connectivity index (χ0) is 14.8. The lowest BCUT2D eigenvalue weighted by atomic mass is 9.85. The highest BCUT2D eigenvalue weighted by atomic mass is 79.9. The minimum absolute atomic E-state index is 0.226. The van der Waals surface area contributed by atoms with Crippen LogP contribution in [0.25, 0.3) is 0 Å². The van der Waals surface area contributed by atoms with Crippen LogP contribution in [0, 0.1) is 5.92 Å². The Morgan fingerprint density at radius 3 is 2.70 bits per heavy atom. The van der Waals surface area contributed by atoms with Gasteiger partial charge in [0.2, 0.25) is 10.0 Å². The quantitative estimate of drug-likeness (QED) is 0.807. The van der Waals surface area contributed by atoms with Gasteiger partial charge in [-0.1, -0.05) is 13.3 Å². The molecule has 114 valence electrons. The van der Waals surface area contributed by atoms with E-state index < -0.39 is 10.0 Å². The first-order chi connectivity index (χ1) is 9.48. The molecule has 0 radical (unpaired) electrons. The third-order valence-corrected chi connectivity index (χ3v) is 6.51. The molecule has 7 heteroatoms. The summed E-state index contributed by atoms with van der Waals surface area (Å²) < 4.78 is 32.7. The Labute approximate surface area is 128 Å². The Bertz CT molecular complexity index is 552. The van der Waals surface area contributed by atoms with Crippen molar-refractivity contribution in [3.8, 4) is 0 Å². The predicted octanol–water partition coefficient (Wildman–Crippen LogP) is 2.57. The molecule has 0 aromatic carbocycles. The fraction of sp³-hybridized carbons (Fsp3) is 0.692. The molecule has 0 amide bonds. The van der Waals surface area contributed by atoms with Crippen LogP contribution >= 0.6 is 15.9 Å². The second-order valence-electron chi connectivity index (χ2n) is 5.13. The minimum atomic E-state index is -3.49. The molecule has 1 aliphatic rings. The maximum Gasteiger partial charge on any atom is 0.247 e. The van der Waals surface area contributed by atoms with E-state index in [9.17, 15) is 8.42 Å². The average Bonchev–Trinajstić information content (AvgIpc) is 2.70. The fourth-order valence-corrected chi connectivity index (χ4v) is 4.82. The van der Waals surface area contributed by atoms with Gasteiger partial charge in [-0.3, -0.25) is 0 Å². The van der Waals surface area contributed by atoms with E-state index in [0.717, 1.165) is 12.8 Å². The van der Waals surface area contributed by atoms with E-state index in [4.69, 9.17) is 4.42 Å². The first-order valence-electron chi connectivity index (χ1n) is 6.92. The number of halogens is 1. The van der Waals surface area contributed by atoms with Gasteiger partial charge in [-0.05, 0) is 41.7 Å². The molecule has 0 aliphatic heterocycles. The predicted molar refractivity (Wildman–Crippen MR) is 80.9 cm³/mol. The summed E-state index contributed by atoms with van der Waals surface area (Å²) in [6, 6.07) is 1.60. The molecule has 1 N–H and O–H groups in total. The molecule has 0 saturated heterocycles. The number of rotatable bonds is 7. The summed E-state index contributed by atoms with van der Waals surface area (Å²) in [6.07, 6.45) is 3.47. The van der Waals surface area contributed by atoms with E-state index >= 15 is 0 Å². The first-order valence-corrected chi connectivity index (χ1v) is 9.15. The largest absolute Gasteiger partial charge is 0.452 e. The molecule has 5 nitrogen and oxygen atoms in total. The van der Waals surface area contributed by atoms with Crippen LogP contribution in [0.15, 0.2) is 20.0 Å². The summed E-state index contributed by atoms with van der Waals surface area (Å²) in [5.74, 6) is 1.12. The van der Waals surface area contributed by atoms with Crippen LogP contribution in [0.3, 0.4) is 0 Å². The highest BCUT2D eigenvalue weighted by Gasteiger charge is 2.31. The van der Waals surface area contributed by atoms with Crippen LogP contribution in [-0.2, 0) is 16.6 Å². The molecule has 1 aliphatic carbocycles. The van der Waals surface area contributed by atoms with Gasteiger partial charge in [0.1, 0.15) is 10.7 Å². The van der Waals surface area contributed by atoms with Crippen molar-refractivity contribution in [2.24, 2.45) is 5.92 Å². The van der Waals surface area contributed by atoms with Crippen molar-refractivity contribution in [3.05, 3.63) is 16.5 Å². The van der Waals surface area contributed by atoms with E-state index in [2.05, 4.69) is 21.2 Å². The Morgan fingerprint density at radius 1 is 1.50 bits per heavy atom. The van der Waals surface area contributed by atoms with Gasteiger partial charge in [-0.15, -0.1) is 0 Å². The smallest absolute Gasteiger partial charge is 0.247 e. The van der Waals surface area contributed by atoms with Crippen molar-refractivity contribution in [2.75, 3.05) is 20.1 Å². The second-order valence-corrected chi connectivity index (χ2v) is 7.76. The summed E-state index contributed by atoms with van der Waals surface area (Å²) >= 11 is 3.22. The van der Waals surface area contributed by atoms with Gasteiger partial charge in [0.25, 0.3) is 0 Å². The molecule has 1 aromatic heterocycles. The molecule has 0 bridgehead atoms. The lowest BCUT2D eigenvalue weighted by Crippen LogP contribution is -2.37. The summed E-state index contributed by atoms with van der Waals surface area (Å²) in [6.45, 7) is 3.47. The van der Waals surface area contributed by atoms with Gasteiger partial charge < -0.3 is 9.73 Å². The summed E-state index contributed by atoms with van der Waals surface area (Å²) in [5.41, 5.74) is 0. The van der Waals surface area contributed by atoms with Crippen molar-refractivity contribution in [1.82, 2.24) is 9.62 Å². The lowest BCUT2D eigenvalue weighted by Gasteiger charge is -2.30. The van der Waals surface area contributed by atoms with E-state index in [-0.39, 0.29) is 9.56 Å². The first kappa shape index (κ1) is 16.0. The number of hydrogen-bond acceptors (Lipinski definition) is 4. The van der Waals surface area contributed by atoms with E-state index in [0.29, 0.717) is 31.3 Å². The fourth-order valence-electron chi connectivity index (χ4n) is 2.33. The molecular weight excluding hydrogens is 344 g/mol. The molecular formula is C13H21BrN2O3S. The van der Waals surface area contributed by atoms with Crippen molar-refractivity contribution >= 4 is 26.0 Å². The maximum absolute atomic E-state index is 12.7. The topological polar surface area (TPSA) is 62.6 Å². The minimum Gasteiger partial charge on any atom is -0.452 e. The summed E-state index contributed by atoms with van der Waals surface area (Å²) in [4.78, 5) is 0.226.